The standard InChI is InChI=1S/C72H140O17P2/c1-6-9-12-15-18-21-24-26-28-30-32-34-37-42-47-52-57-71(76)88-67(61-83-70(75)56-51-46-41-36-33-31-29-27-25-22-19-16-13-10-7-2)63-86-90(78,79)84-59-66(73)60-85-91(80,81)87-64-68(89-72(77)58-53-48-43-38-39-44-49-54-65(4)5)62-82-69(74)55-50-45-40-35-23-20-17-14-11-8-3/h65-68,73H,6-64H2,1-5H3,(H,78,79)(H,80,81)/t66-,67-,68-/m1/s1. The van der Waals surface area contributed by atoms with E-state index in [0.29, 0.717) is 31.6 Å². The van der Waals surface area contributed by atoms with Crippen molar-refractivity contribution in [3.63, 3.8) is 0 Å². The van der Waals surface area contributed by atoms with Gasteiger partial charge in [0.2, 0.25) is 0 Å². The van der Waals surface area contributed by atoms with Crippen molar-refractivity contribution in [2.24, 2.45) is 5.92 Å². The van der Waals surface area contributed by atoms with Gasteiger partial charge in [-0.05, 0) is 31.6 Å². The van der Waals surface area contributed by atoms with Crippen molar-refractivity contribution >= 4 is 39.5 Å². The van der Waals surface area contributed by atoms with E-state index in [-0.39, 0.29) is 25.7 Å². The van der Waals surface area contributed by atoms with E-state index in [1.165, 1.54) is 199 Å². The number of ether oxygens (including phenoxy) is 4. The van der Waals surface area contributed by atoms with Gasteiger partial charge in [-0.2, -0.15) is 0 Å². The van der Waals surface area contributed by atoms with Gasteiger partial charge in [0, 0.05) is 25.7 Å². The molecule has 0 heterocycles. The lowest BCUT2D eigenvalue weighted by Gasteiger charge is -2.21. The topological polar surface area (TPSA) is 237 Å². The number of aliphatic hydroxyl groups is 1. The first kappa shape index (κ1) is 89.1. The first-order chi connectivity index (χ1) is 44.0. The summed E-state index contributed by atoms with van der Waals surface area (Å²) in [5.74, 6) is -1.42. The number of hydrogen-bond donors (Lipinski definition) is 3. The molecule has 3 N–H and O–H groups in total. The SMILES string of the molecule is CCCCCCCCCCCCCCCCCCC(=O)O[C@H](COC(=O)CCCCCCCCCCCCCCCCC)COP(=O)(O)OC[C@@H](O)COP(=O)(O)OC[C@@H](COC(=O)CCCCCCCCCCCC)OC(=O)CCCCCCCCCC(C)C. The lowest BCUT2D eigenvalue weighted by molar-refractivity contribution is -0.161. The molecule has 540 valence electrons. The summed E-state index contributed by atoms with van der Waals surface area (Å²) >= 11 is 0. The normalized spacial score (nSPS) is 14.0. The molecule has 0 aromatic heterocycles. The van der Waals surface area contributed by atoms with Crippen LogP contribution < -0.4 is 0 Å². The minimum atomic E-state index is -4.95. The average Bonchev–Trinajstić information content (AvgIpc) is 3.73. The number of esters is 4. The van der Waals surface area contributed by atoms with Crippen molar-refractivity contribution in [1.29, 1.82) is 0 Å². The predicted octanol–water partition coefficient (Wildman–Crippen LogP) is 20.9. The molecule has 0 aliphatic carbocycles. The van der Waals surface area contributed by atoms with Crippen LogP contribution in [0.25, 0.3) is 0 Å². The molecule has 0 saturated carbocycles. The molecule has 19 heteroatoms. The van der Waals surface area contributed by atoms with Crippen LogP contribution in [0, 0.1) is 5.92 Å². The second kappa shape index (κ2) is 65.4. The molecule has 0 aromatic rings. The highest BCUT2D eigenvalue weighted by atomic mass is 31.2. The Morgan fingerprint density at radius 2 is 0.505 bits per heavy atom. The zero-order chi connectivity index (χ0) is 67.0. The van der Waals surface area contributed by atoms with E-state index in [4.69, 9.17) is 37.0 Å². The lowest BCUT2D eigenvalue weighted by atomic mass is 10.0. The Bertz CT molecular complexity index is 1750. The van der Waals surface area contributed by atoms with Crippen LogP contribution in [0.2, 0.25) is 0 Å². The number of phosphoric ester groups is 2. The minimum Gasteiger partial charge on any atom is -0.462 e. The number of aliphatic hydroxyl groups excluding tert-OH is 1. The summed E-state index contributed by atoms with van der Waals surface area (Å²) in [6.45, 7) is 7.20. The molecule has 91 heavy (non-hydrogen) atoms. The molecule has 0 radical (unpaired) electrons. The van der Waals surface area contributed by atoms with Crippen molar-refractivity contribution in [2.75, 3.05) is 39.6 Å². The third-order valence-electron chi connectivity index (χ3n) is 16.8. The van der Waals surface area contributed by atoms with Crippen LogP contribution >= 0.6 is 15.6 Å². The van der Waals surface area contributed by atoms with Gasteiger partial charge in [0.25, 0.3) is 0 Å². The smallest absolute Gasteiger partial charge is 0.462 e. The molecule has 0 aromatic carbocycles. The van der Waals surface area contributed by atoms with Crippen LogP contribution in [0.5, 0.6) is 0 Å². The second-order valence-corrected chi connectivity index (χ2v) is 29.4. The first-order valence-electron chi connectivity index (χ1n) is 37.6. The number of carbonyl (C=O) groups is 4. The molecule has 0 amide bonds. The summed E-state index contributed by atoms with van der Waals surface area (Å²) in [6.07, 6.45) is 52.7. The maximum Gasteiger partial charge on any atom is 0.472 e. The monoisotopic (exact) mass is 1340 g/mol. The third kappa shape index (κ3) is 66.5. The number of phosphoric acid groups is 2. The fourth-order valence-electron chi connectivity index (χ4n) is 11.0. The highest BCUT2D eigenvalue weighted by molar-refractivity contribution is 7.47. The Balaban J connectivity index is 5.23. The molecule has 0 aliphatic heterocycles. The highest BCUT2D eigenvalue weighted by Crippen LogP contribution is 2.45. The van der Waals surface area contributed by atoms with Crippen molar-refractivity contribution in [2.45, 2.75) is 393 Å². The molecule has 0 fully saturated rings. The van der Waals surface area contributed by atoms with E-state index in [2.05, 4.69) is 34.6 Å². The van der Waals surface area contributed by atoms with E-state index >= 15 is 0 Å². The number of unbranched alkanes of at least 4 members (excludes halogenated alkanes) is 44. The summed E-state index contributed by atoms with van der Waals surface area (Å²) < 4.78 is 68.3. The van der Waals surface area contributed by atoms with Gasteiger partial charge in [-0.1, -0.05) is 324 Å². The summed E-state index contributed by atoms with van der Waals surface area (Å²) in [4.78, 5) is 72.6. The highest BCUT2D eigenvalue weighted by Gasteiger charge is 2.30. The maximum absolute atomic E-state index is 13.0. The lowest BCUT2D eigenvalue weighted by Crippen LogP contribution is -2.30. The Labute approximate surface area is 556 Å². The van der Waals surface area contributed by atoms with Gasteiger partial charge in [0.15, 0.2) is 12.2 Å². The Hall–Kier alpha value is -1.94. The summed E-state index contributed by atoms with van der Waals surface area (Å²) in [7, 11) is -9.90. The summed E-state index contributed by atoms with van der Waals surface area (Å²) in [5, 5.41) is 10.6. The molecular weight excluding hydrogens is 1200 g/mol. The first-order valence-corrected chi connectivity index (χ1v) is 40.6. The van der Waals surface area contributed by atoms with Crippen LogP contribution in [0.4, 0.5) is 0 Å². The summed E-state index contributed by atoms with van der Waals surface area (Å²) in [6, 6.07) is 0. The second-order valence-electron chi connectivity index (χ2n) is 26.5. The van der Waals surface area contributed by atoms with Crippen LogP contribution in [-0.4, -0.2) is 96.7 Å². The molecule has 2 unspecified atom stereocenters. The Morgan fingerprint density at radius 1 is 0.297 bits per heavy atom. The van der Waals surface area contributed by atoms with Gasteiger partial charge in [-0.3, -0.25) is 37.3 Å². The minimum absolute atomic E-state index is 0.104. The van der Waals surface area contributed by atoms with Crippen LogP contribution in [0.3, 0.4) is 0 Å². The van der Waals surface area contributed by atoms with E-state index in [9.17, 15) is 43.2 Å². The molecule has 0 rings (SSSR count). The quantitative estimate of drug-likeness (QED) is 0.0222. The van der Waals surface area contributed by atoms with E-state index < -0.39 is 97.5 Å². The molecule has 0 aliphatic rings. The van der Waals surface area contributed by atoms with Gasteiger partial charge in [-0.15, -0.1) is 0 Å². The zero-order valence-electron chi connectivity index (χ0n) is 59.0. The van der Waals surface area contributed by atoms with Crippen molar-refractivity contribution in [1.82, 2.24) is 0 Å². The van der Waals surface area contributed by atoms with E-state index in [1.54, 1.807) is 0 Å². The number of hydrogen-bond acceptors (Lipinski definition) is 15. The van der Waals surface area contributed by atoms with E-state index in [1.807, 2.05) is 0 Å². The molecule has 0 bridgehead atoms. The van der Waals surface area contributed by atoms with Crippen molar-refractivity contribution < 1.29 is 80.2 Å². The molecule has 5 atom stereocenters. The van der Waals surface area contributed by atoms with Crippen LogP contribution in [0.15, 0.2) is 0 Å². The molecule has 0 saturated heterocycles. The van der Waals surface area contributed by atoms with Crippen LogP contribution in [-0.2, 0) is 65.4 Å². The predicted molar refractivity (Wildman–Crippen MR) is 368 cm³/mol. The van der Waals surface area contributed by atoms with E-state index in [0.717, 1.165) is 89.9 Å². The van der Waals surface area contributed by atoms with Gasteiger partial charge in [-0.25, -0.2) is 9.13 Å². The van der Waals surface area contributed by atoms with Gasteiger partial charge >= 0.3 is 39.5 Å². The zero-order valence-corrected chi connectivity index (χ0v) is 60.8. The average molecular weight is 1340 g/mol. The van der Waals surface area contributed by atoms with Gasteiger partial charge < -0.3 is 33.8 Å². The number of carbonyl (C=O) groups excluding carboxylic acids is 4. The van der Waals surface area contributed by atoms with Gasteiger partial charge in [0.1, 0.15) is 19.3 Å². The molecule has 0 spiro atoms. The summed E-state index contributed by atoms with van der Waals surface area (Å²) in [5.41, 5.74) is 0. The van der Waals surface area contributed by atoms with Crippen LogP contribution in [0.1, 0.15) is 375 Å². The van der Waals surface area contributed by atoms with Crippen molar-refractivity contribution in [3.05, 3.63) is 0 Å². The van der Waals surface area contributed by atoms with Gasteiger partial charge in [0.05, 0.1) is 26.4 Å². The fraction of sp³-hybridized carbons (Fsp3) is 0.944. The maximum atomic E-state index is 13.0. The Morgan fingerprint density at radius 3 is 0.747 bits per heavy atom. The molecule has 17 nitrogen and oxygen atoms in total. The van der Waals surface area contributed by atoms with Crippen molar-refractivity contribution in [3.8, 4) is 0 Å². The largest absolute Gasteiger partial charge is 0.472 e. The fourth-order valence-corrected chi connectivity index (χ4v) is 12.6. The number of rotatable bonds is 72. The Kier molecular flexibility index (Phi) is 64.0. The molecular formula is C72H140O17P2. The third-order valence-corrected chi connectivity index (χ3v) is 18.7.